The third-order valence-corrected chi connectivity index (χ3v) is 10.1. The molecule has 1 saturated heterocycles. The molecule has 2 aromatic rings. The lowest BCUT2D eigenvalue weighted by Gasteiger charge is -2.34. The maximum atomic E-state index is 13.4. The van der Waals surface area contributed by atoms with E-state index in [9.17, 15) is 16.8 Å². The molecule has 0 aliphatic carbocycles. The van der Waals surface area contributed by atoms with Crippen molar-refractivity contribution < 1.29 is 16.8 Å². The summed E-state index contributed by atoms with van der Waals surface area (Å²) < 4.78 is 55.5. The highest BCUT2D eigenvalue weighted by Gasteiger charge is 2.35. The second-order valence-electron chi connectivity index (χ2n) is 7.90. The Morgan fingerprint density at radius 1 is 0.733 bits per heavy atom. The molecule has 2 aromatic carbocycles. The molecule has 1 heterocycles. The Kier molecular flexibility index (Phi) is 6.43. The van der Waals surface area contributed by atoms with E-state index in [1.807, 2.05) is 52.8 Å². The molecule has 0 amide bonds. The Morgan fingerprint density at radius 3 is 1.60 bits per heavy atom. The van der Waals surface area contributed by atoms with E-state index in [2.05, 4.69) is 0 Å². The lowest BCUT2D eigenvalue weighted by Crippen LogP contribution is -2.50. The molecule has 0 N–H and O–H groups in total. The van der Waals surface area contributed by atoms with Crippen molar-refractivity contribution in [1.29, 1.82) is 0 Å². The van der Waals surface area contributed by atoms with Crippen molar-refractivity contribution in [1.82, 2.24) is 8.61 Å². The molecular formula is C22H30N2O4S2. The van der Waals surface area contributed by atoms with Gasteiger partial charge in [-0.2, -0.15) is 8.61 Å². The molecule has 0 atom stereocenters. The molecule has 0 spiro atoms. The maximum Gasteiger partial charge on any atom is 0.243 e. The fourth-order valence-electron chi connectivity index (χ4n) is 3.89. The minimum Gasteiger partial charge on any atom is -0.207 e. The molecule has 30 heavy (non-hydrogen) atoms. The SMILES string of the molecule is CCc1ccc(S(=O)(=O)N2CCN(S(=O)(=O)c3c(C)c(C)cc(C)c3C)CC2)cc1. The number of nitrogens with zero attached hydrogens (tertiary/aromatic N) is 2. The van der Waals surface area contributed by atoms with Gasteiger partial charge < -0.3 is 0 Å². The van der Waals surface area contributed by atoms with Crippen LogP contribution in [0.2, 0.25) is 0 Å². The van der Waals surface area contributed by atoms with Gasteiger partial charge in [0.25, 0.3) is 0 Å². The molecule has 1 aliphatic rings. The lowest BCUT2D eigenvalue weighted by atomic mass is 10.0. The van der Waals surface area contributed by atoms with Crippen LogP contribution in [0.5, 0.6) is 0 Å². The second-order valence-corrected chi connectivity index (χ2v) is 11.7. The standard InChI is InChI=1S/C22H30N2O4S2/c1-6-20-7-9-21(10-8-20)29(25,26)23-11-13-24(14-12-23)30(27,28)22-18(4)16(2)15-17(3)19(22)5/h7-10,15H,6,11-14H2,1-5H3. The molecule has 1 aliphatic heterocycles. The number of aryl methyl sites for hydroxylation is 3. The normalized spacial score (nSPS) is 16.7. The summed E-state index contributed by atoms with van der Waals surface area (Å²) in [5.74, 6) is 0. The number of benzene rings is 2. The van der Waals surface area contributed by atoms with E-state index in [1.165, 1.54) is 8.61 Å². The predicted octanol–water partition coefficient (Wildman–Crippen LogP) is 3.18. The Hall–Kier alpha value is -1.74. The number of piperazine rings is 1. The lowest BCUT2D eigenvalue weighted by molar-refractivity contribution is 0.272. The van der Waals surface area contributed by atoms with Gasteiger partial charge >= 0.3 is 0 Å². The van der Waals surface area contributed by atoms with Gasteiger partial charge in [-0.25, -0.2) is 16.8 Å². The van der Waals surface area contributed by atoms with E-state index in [0.29, 0.717) is 4.90 Å². The zero-order valence-electron chi connectivity index (χ0n) is 18.3. The van der Waals surface area contributed by atoms with Gasteiger partial charge in [0.15, 0.2) is 0 Å². The summed E-state index contributed by atoms with van der Waals surface area (Å²) in [6.07, 6.45) is 0.841. The topological polar surface area (TPSA) is 74.8 Å². The second kappa shape index (κ2) is 8.42. The Morgan fingerprint density at radius 2 is 1.17 bits per heavy atom. The van der Waals surface area contributed by atoms with Crippen LogP contribution in [-0.4, -0.2) is 51.6 Å². The van der Waals surface area contributed by atoms with Gasteiger partial charge in [-0.1, -0.05) is 25.1 Å². The molecule has 6 nitrogen and oxygen atoms in total. The van der Waals surface area contributed by atoms with Crippen LogP contribution in [0.4, 0.5) is 0 Å². The van der Waals surface area contributed by atoms with Crippen LogP contribution < -0.4 is 0 Å². The molecule has 8 heteroatoms. The van der Waals surface area contributed by atoms with Crippen LogP contribution in [0, 0.1) is 27.7 Å². The molecule has 0 unspecified atom stereocenters. The van der Waals surface area contributed by atoms with E-state index in [1.54, 1.807) is 12.1 Å². The van der Waals surface area contributed by atoms with Crippen molar-refractivity contribution in [2.75, 3.05) is 26.2 Å². The van der Waals surface area contributed by atoms with Crippen LogP contribution in [0.15, 0.2) is 40.1 Å². The van der Waals surface area contributed by atoms with Crippen LogP contribution in [-0.2, 0) is 26.5 Å². The van der Waals surface area contributed by atoms with Crippen molar-refractivity contribution >= 4 is 20.0 Å². The van der Waals surface area contributed by atoms with E-state index >= 15 is 0 Å². The smallest absolute Gasteiger partial charge is 0.207 e. The number of hydrogen-bond donors (Lipinski definition) is 0. The first-order valence-corrected chi connectivity index (χ1v) is 13.0. The summed E-state index contributed by atoms with van der Waals surface area (Å²) in [5, 5.41) is 0. The third-order valence-electron chi connectivity index (χ3n) is 6.06. The van der Waals surface area contributed by atoms with Gasteiger partial charge in [0.05, 0.1) is 9.79 Å². The molecular weight excluding hydrogens is 420 g/mol. The molecule has 3 rings (SSSR count). The molecule has 0 bridgehead atoms. The van der Waals surface area contributed by atoms with E-state index in [-0.39, 0.29) is 31.1 Å². The highest BCUT2D eigenvalue weighted by Crippen LogP contribution is 2.30. The Labute approximate surface area is 180 Å². The fourth-order valence-corrected chi connectivity index (χ4v) is 7.31. The van der Waals surface area contributed by atoms with Gasteiger partial charge in [0, 0.05) is 26.2 Å². The van der Waals surface area contributed by atoms with Crippen molar-refractivity contribution in [3.05, 3.63) is 58.1 Å². The highest BCUT2D eigenvalue weighted by molar-refractivity contribution is 7.89. The van der Waals surface area contributed by atoms with Gasteiger partial charge in [0.2, 0.25) is 20.0 Å². The van der Waals surface area contributed by atoms with Gasteiger partial charge in [0.1, 0.15) is 0 Å². The Balaban J connectivity index is 1.83. The number of rotatable bonds is 5. The maximum absolute atomic E-state index is 13.4. The minimum absolute atomic E-state index is 0.139. The average molecular weight is 451 g/mol. The first kappa shape index (κ1) is 22.9. The van der Waals surface area contributed by atoms with E-state index in [4.69, 9.17) is 0 Å². The molecule has 1 fully saturated rings. The summed E-state index contributed by atoms with van der Waals surface area (Å²) in [4.78, 5) is 0.600. The predicted molar refractivity (Wildman–Crippen MR) is 119 cm³/mol. The first-order valence-electron chi connectivity index (χ1n) is 10.2. The van der Waals surface area contributed by atoms with Gasteiger partial charge in [-0.15, -0.1) is 0 Å². The zero-order valence-corrected chi connectivity index (χ0v) is 19.9. The third kappa shape index (κ3) is 4.06. The van der Waals surface area contributed by atoms with E-state index < -0.39 is 20.0 Å². The van der Waals surface area contributed by atoms with Crippen molar-refractivity contribution in [2.24, 2.45) is 0 Å². The number of sulfonamides is 2. The average Bonchev–Trinajstić information content (AvgIpc) is 2.72. The summed E-state index contributed by atoms with van der Waals surface area (Å²) in [6.45, 7) is 10.1. The van der Waals surface area contributed by atoms with Crippen molar-refractivity contribution in [2.45, 2.75) is 50.8 Å². The highest BCUT2D eigenvalue weighted by atomic mass is 32.2. The summed E-state index contributed by atoms with van der Waals surface area (Å²) in [6, 6.07) is 8.88. The molecule has 0 radical (unpaired) electrons. The van der Waals surface area contributed by atoms with Gasteiger partial charge in [-0.3, -0.25) is 0 Å². The number of hydrogen-bond acceptors (Lipinski definition) is 4. The summed E-state index contributed by atoms with van der Waals surface area (Å²) >= 11 is 0. The summed E-state index contributed by atoms with van der Waals surface area (Å²) in [5.41, 5.74) is 4.46. The Bertz CT molecular complexity index is 1120. The summed E-state index contributed by atoms with van der Waals surface area (Å²) in [7, 11) is -7.34. The van der Waals surface area contributed by atoms with Crippen molar-refractivity contribution in [3.8, 4) is 0 Å². The van der Waals surface area contributed by atoms with Crippen LogP contribution in [0.3, 0.4) is 0 Å². The quantitative estimate of drug-likeness (QED) is 0.701. The van der Waals surface area contributed by atoms with E-state index in [0.717, 1.165) is 34.2 Å². The molecule has 164 valence electrons. The first-order chi connectivity index (χ1) is 14.0. The fraction of sp³-hybridized carbons (Fsp3) is 0.455. The van der Waals surface area contributed by atoms with Crippen LogP contribution in [0.25, 0.3) is 0 Å². The van der Waals surface area contributed by atoms with Crippen LogP contribution in [0.1, 0.15) is 34.7 Å². The molecule has 0 aromatic heterocycles. The van der Waals surface area contributed by atoms with Gasteiger partial charge in [-0.05, 0) is 74.1 Å². The zero-order chi connectivity index (χ0) is 22.3. The molecule has 0 saturated carbocycles. The monoisotopic (exact) mass is 450 g/mol. The van der Waals surface area contributed by atoms with Crippen molar-refractivity contribution in [3.63, 3.8) is 0 Å². The minimum atomic E-state index is -3.70. The largest absolute Gasteiger partial charge is 0.243 e. The van der Waals surface area contributed by atoms with Crippen LogP contribution >= 0.6 is 0 Å².